The number of carbonyl (C=O) groups excluding carboxylic acids is 1. The van der Waals surface area contributed by atoms with Gasteiger partial charge in [-0.3, -0.25) is 4.79 Å². The monoisotopic (exact) mass is 464 g/mol. The normalized spacial score (nSPS) is 12.7. The van der Waals surface area contributed by atoms with E-state index in [1.54, 1.807) is 19.9 Å². The first-order valence-electron chi connectivity index (χ1n) is 9.20. The van der Waals surface area contributed by atoms with Crippen LogP contribution in [0.1, 0.15) is 19.5 Å². The summed E-state index contributed by atoms with van der Waals surface area (Å²) in [7, 11) is -3.94. The highest BCUT2D eigenvalue weighted by Gasteiger charge is 2.30. The van der Waals surface area contributed by atoms with Crippen molar-refractivity contribution in [2.75, 3.05) is 0 Å². The van der Waals surface area contributed by atoms with Crippen LogP contribution in [-0.4, -0.2) is 25.4 Å². The maximum absolute atomic E-state index is 12.6. The summed E-state index contributed by atoms with van der Waals surface area (Å²) in [5.74, 6) is -0.980. The lowest BCUT2D eigenvalue weighted by molar-refractivity contribution is -0.148. The Balaban J connectivity index is 1.67. The molecule has 0 fully saturated rings. The van der Waals surface area contributed by atoms with Gasteiger partial charge >= 0.3 is 5.97 Å². The Morgan fingerprint density at radius 2 is 1.90 bits per heavy atom. The van der Waals surface area contributed by atoms with Gasteiger partial charge in [0.25, 0.3) is 0 Å². The van der Waals surface area contributed by atoms with Crippen molar-refractivity contribution in [1.82, 2.24) is 9.71 Å². The van der Waals surface area contributed by atoms with Crippen LogP contribution in [-0.2, 0) is 26.2 Å². The molecule has 0 bridgehead atoms. The molecule has 0 saturated heterocycles. The van der Waals surface area contributed by atoms with Crippen LogP contribution in [0.15, 0.2) is 64.9 Å². The average molecular weight is 465 g/mol. The van der Waals surface area contributed by atoms with Gasteiger partial charge < -0.3 is 4.74 Å². The van der Waals surface area contributed by atoms with Gasteiger partial charge in [0.1, 0.15) is 17.7 Å². The molecular formula is C21H21ClN2O4S2. The number of sulfonamides is 1. The molecule has 0 spiro atoms. The van der Waals surface area contributed by atoms with Crippen LogP contribution in [0.2, 0.25) is 5.02 Å². The first kappa shape index (κ1) is 22.4. The molecule has 0 saturated carbocycles. The number of rotatable bonds is 8. The van der Waals surface area contributed by atoms with Crippen LogP contribution < -0.4 is 4.72 Å². The number of aromatic nitrogens is 1. The SMILES string of the molecule is CC(C)[C@H](NS(=O)(=O)c1cccc(Cl)c1)C(=O)OCc1csc(-c2ccccc2)n1. The molecule has 1 atom stereocenters. The molecule has 0 unspecified atom stereocenters. The molecule has 158 valence electrons. The van der Waals surface area contributed by atoms with Crippen molar-refractivity contribution in [2.45, 2.75) is 31.4 Å². The molecule has 9 heteroatoms. The first-order chi connectivity index (χ1) is 14.3. The maximum atomic E-state index is 12.6. The summed E-state index contributed by atoms with van der Waals surface area (Å²) in [6, 6.07) is 14.5. The zero-order valence-electron chi connectivity index (χ0n) is 16.4. The lowest BCUT2D eigenvalue weighted by atomic mass is 10.1. The Morgan fingerprint density at radius 1 is 1.17 bits per heavy atom. The number of nitrogens with zero attached hydrogens (tertiary/aromatic N) is 1. The van der Waals surface area contributed by atoms with E-state index in [-0.39, 0.29) is 17.4 Å². The molecule has 0 aliphatic heterocycles. The van der Waals surface area contributed by atoms with Crippen molar-refractivity contribution in [3.05, 3.63) is 70.7 Å². The zero-order valence-corrected chi connectivity index (χ0v) is 18.8. The number of nitrogens with one attached hydrogen (secondary N) is 1. The second-order valence-electron chi connectivity index (χ2n) is 6.92. The van der Waals surface area contributed by atoms with Crippen LogP contribution in [0.3, 0.4) is 0 Å². The number of benzene rings is 2. The summed E-state index contributed by atoms with van der Waals surface area (Å²) in [5.41, 5.74) is 1.59. The van der Waals surface area contributed by atoms with E-state index in [1.807, 2.05) is 35.7 Å². The van der Waals surface area contributed by atoms with E-state index in [9.17, 15) is 13.2 Å². The van der Waals surface area contributed by atoms with Crippen LogP contribution in [0.25, 0.3) is 10.6 Å². The minimum atomic E-state index is -3.94. The summed E-state index contributed by atoms with van der Waals surface area (Å²) in [4.78, 5) is 17.1. The number of halogens is 1. The topological polar surface area (TPSA) is 85.4 Å². The van der Waals surface area contributed by atoms with E-state index >= 15 is 0 Å². The Hall–Kier alpha value is -2.26. The van der Waals surface area contributed by atoms with Crippen LogP contribution in [0, 0.1) is 5.92 Å². The highest BCUT2D eigenvalue weighted by atomic mass is 35.5. The summed E-state index contributed by atoms with van der Waals surface area (Å²) in [5, 5.41) is 2.93. The van der Waals surface area contributed by atoms with Gasteiger partial charge in [0.15, 0.2) is 0 Å². The zero-order chi connectivity index (χ0) is 21.7. The van der Waals surface area contributed by atoms with Crippen molar-refractivity contribution in [2.24, 2.45) is 5.92 Å². The standard InChI is InChI=1S/C21H21ClN2O4S2/c1-14(2)19(24-30(26,27)18-10-6-9-16(22)11-18)21(25)28-12-17-13-29-20(23-17)15-7-4-3-5-8-15/h3-11,13-14,19,24H,12H2,1-2H3/t19-/m0/s1. The number of carbonyl (C=O) groups is 1. The molecule has 0 aliphatic carbocycles. The molecular weight excluding hydrogens is 444 g/mol. The lowest BCUT2D eigenvalue weighted by Gasteiger charge is -2.20. The van der Waals surface area contributed by atoms with Gasteiger partial charge in [-0.2, -0.15) is 4.72 Å². The number of ether oxygens (including phenoxy) is 1. The predicted octanol–water partition coefficient (Wildman–Crippen LogP) is 4.51. The number of hydrogen-bond donors (Lipinski definition) is 1. The third-order valence-electron chi connectivity index (χ3n) is 4.24. The molecule has 30 heavy (non-hydrogen) atoms. The Bertz CT molecular complexity index is 1110. The van der Waals surface area contributed by atoms with Gasteiger partial charge in [-0.15, -0.1) is 11.3 Å². The highest BCUT2D eigenvalue weighted by Crippen LogP contribution is 2.24. The van der Waals surface area contributed by atoms with E-state index < -0.39 is 22.0 Å². The van der Waals surface area contributed by atoms with E-state index in [2.05, 4.69) is 9.71 Å². The van der Waals surface area contributed by atoms with Crippen molar-refractivity contribution < 1.29 is 17.9 Å². The molecule has 3 aromatic rings. The fourth-order valence-electron chi connectivity index (χ4n) is 2.65. The van der Waals surface area contributed by atoms with Gasteiger partial charge in [-0.05, 0) is 24.1 Å². The van der Waals surface area contributed by atoms with Gasteiger partial charge in [0, 0.05) is 16.0 Å². The Kier molecular flexibility index (Phi) is 7.25. The maximum Gasteiger partial charge on any atom is 0.324 e. The second-order valence-corrected chi connectivity index (χ2v) is 9.93. The highest BCUT2D eigenvalue weighted by molar-refractivity contribution is 7.89. The summed E-state index contributed by atoms with van der Waals surface area (Å²) >= 11 is 7.34. The second kappa shape index (κ2) is 9.70. The molecule has 1 N–H and O–H groups in total. The minimum absolute atomic E-state index is 0.0135. The fourth-order valence-corrected chi connectivity index (χ4v) is 5.09. The molecule has 1 heterocycles. The fraction of sp³-hybridized carbons (Fsp3) is 0.238. The number of hydrogen-bond acceptors (Lipinski definition) is 6. The van der Waals surface area contributed by atoms with E-state index in [4.69, 9.17) is 16.3 Å². The molecule has 0 radical (unpaired) electrons. The third-order valence-corrected chi connectivity index (χ3v) is 6.86. The van der Waals surface area contributed by atoms with Gasteiger partial charge in [0.2, 0.25) is 10.0 Å². The summed E-state index contributed by atoms with van der Waals surface area (Å²) < 4.78 is 33.1. The van der Waals surface area contributed by atoms with Crippen LogP contribution >= 0.6 is 22.9 Å². The molecule has 0 amide bonds. The minimum Gasteiger partial charge on any atom is -0.458 e. The lowest BCUT2D eigenvalue weighted by Crippen LogP contribution is -2.45. The molecule has 3 rings (SSSR count). The molecule has 6 nitrogen and oxygen atoms in total. The smallest absolute Gasteiger partial charge is 0.324 e. The van der Waals surface area contributed by atoms with Crippen molar-refractivity contribution in [1.29, 1.82) is 0 Å². The largest absolute Gasteiger partial charge is 0.458 e. The van der Waals surface area contributed by atoms with E-state index in [1.165, 1.54) is 29.5 Å². The average Bonchev–Trinajstić information content (AvgIpc) is 3.20. The summed E-state index contributed by atoms with van der Waals surface area (Å²) in [6.07, 6.45) is 0. The van der Waals surface area contributed by atoms with Crippen LogP contribution in [0.4, 0.5) is 0 Å². The van der Waals surface area contributed by atoms with Crippen molar-refractivity contribution >= 4 is 38.9 Å². The van der Waals surface area contributed by atoms with Gasteiger partial charge in [-0.25, -0.2) is 13.4 Å². The Morgan fingerprint density at radius 3 is 2.57 bits per heavy atom. The number of thiazole rings is 1. The first-order valence-corrected chi connectivity index (χ1v) is 11.9. The van der Waals surface area contributed by atoms with Gasteiger partial charge in [0.05, 0.1) is 10.6 Å². The van der Waals surface area contributed by atoms with E-state index in [0.29, 0.717) is 10.7 Å². The van der Waals surface area contributed by atoms with E-state index in [0.717, 1.165) is 10.6 Å². The van der Waals surface area contributed by atoms with Crippen molar-refractivity contribution in [3.8, 4) is 10.6 Å². The molecule has 2 aromatic carbocycles. The molecule has 1 aromatic heterocycles. The quantitative estimate of drug-likeness (QED) is 0.496. The predicted molar refractivity (Wildman–Crippen MR) is 118 cm³/mol. The van der Waals surface area contributed by atoms with Crippen LogP contribution in [0.5, 0.6) is 0 Å². The third kappa shape index (κ3) is 5.66. The van der Waals surface area contributed by atoms with Gasteiger partial charge in [-0.1, -0.05) is 61.8 Å². The van der Waals surface area contributed by atoms with Crippen molar-refractivity contribution in [3.63, 3.8) is 0 Å². The summed E-state index contributed by atoms with van der Waals surface area (Å²) in [6.45, 7) is 3.44. The molecule has 0 aliphatic rings. The number of esters is 1. The Labute approximate surface area is 184 Å².